The van der Waals surface area contributed by atoms with Gasteiger partial charge in [0.25, 0.3) is 0 Å². The number of aromatic nitrogens is 3. The Morgan fingerprint density at radius 2 is 0.626 bits per heavy atom. The number of benzene rings is 1. The molecule has 0 bridgehead atoms. The van der Waals surface area contributed by atoms with Crippen molar-refractivity contribution >= 4 is 36.3 Å². The number of hydrogen-bond acceptors (Lipinski definition) is 15. The summed E-state index contributed by atoms with van der Waals surface area (Å²) in [5, 5.41) is 11.7. The number of anilines is 2. The van der Waals surface area contributed by atoms with Crippen LogP contribution in [-0.2, 0) is 30.3 Å². The van der Waals surface area contributed by atoms with Crippen molar-refractivity contribution < 1.29 is 47.6 Å². The second-order valence-corrected chi connectivity index (χ2v) is 25.6. The smallest absolute Gasteiger partial charge is 0.407 e. The van der Waals surface area contributed by atoms with Crippen LogP contribution in [0.2, 0.25) is 0 Å². The molecule has 2 saturated heterocycles. The average Bonchev–Trinajstić information content (AvgIpc) is 2.07. The molecule has 91 heavy (non-hydrogen) atoms. The number of carbonyl (C=O) groups excluding carboxylic acids is 4. The molecule has 1 aromatic carbocycles. The summed E-state index contributed by atoms with van der Waals surface area (Å²) in [6, 6.07) is 9.88. The monoisotopic (exact) mass is 1280 g/mol. The lowest BCUT2D eigenvalue weighted by atomic mass is 10.1. The number of hydrogen-bond donors (Lipinski definition) is 4. The first-order valence-electron chi connectivity index (χ1n) is 37.0. The van der Waals surface area contributed by atoms with Gasteiger partial charge in [-0.15, -0.1) is 0 Å². The van der Waals surface area contributed by atoms with Crippen LogP contribution in [0, 0.1) is 0 Å². The van der Waals surface area contributed by atoms with Gasteiger partial charge in [0.1, 0.15) is 6.61 Å². The molecular weight excluding hydrogens is 1150 g/mol. The van der Waals surface area contributed by atoms with Crippen LogP contribution >= 0.6 is 0 Å². The predicted octanol–water partition coefficient (Wildman–Crippen LogP) is 17.2. The second-order valence-electron chi connectivity index (χ2n) is 25.6. The Kier molecular flexibility index (Phi) is 45.6. The zero-order valence-corrected chi connectivity index (χ0v) is 57.6. The molecule has 4 N–H and O–H groups in total. The molecule has 19 heteroatoms. The van der Waals surface area contributed by atoms with Crippen molar-refractivity contribution in [3.8, 4) is 6.01 Å². The maximum absolute atomic E-state index is 13.5. The zero-order chi connectivity index (χ0) is 64.9. The first-order chi connectivity index (χ1) is 44.7. The SMILES string of the molecule is CCCCCCCCCCCCNC(=O)O[C@H]1CN(c2nc(OCCOCc3ccccc3)nc(N3C[C@H](OC(=O)NCCCCCCCCCCCC)[C@@H](OC(=O)NCCCCCCCCCCCC)C3)n2)C[C@@H]1OC(=O)NCCCCCCCCCCCC. The summed E-state index contributed by atoms with van der Waals surface area (Å²) >= 11 is 0. The Labute approximate surface area is 550 Å². The number of nitrogens with zero attached hydrogens (tertiary/aromatic N) is 5. The molecule has 520 valence electrons. The van der Waals surface area contributed by atoms with Gasteiger partial charge in [-0.05, 0) is 31.2 Å². The molecule has 0 spiro atoms. The summed E-state index contributed by atoms with van der Waals surface area (Å²) in [6.45, 7) is 12.0. The van der Waals surface area contributed by atoms with E-state index < -0.39 is 48.8 Å². The highest BCUT2D eigenvalue weighted by molar-refractivity contribution is 5.70. The molecule has 0 radical (unpaired) electrons. The Bertz CT molecular complexity index is 1920. The van der Waals surface area contributed by atoms with E-state index in [4.69, 9.17) is 43.4 Å². The number of rotatable bonds is 56. The molecule has 2 aliphatic heterocycles. The minimum atomic E-state index is -0.869. The standard InChI is InChI=1S/C72H127N9O10/c1-5-9-13-17-21-25-29-33-37-44-50-73-69(82)88-62-56-80(57-63(62)89-70(83)74-51-45-38-34-30-26-22-18-14-10-6-2)66-77-67(79-68(78-66)87-55-54-86-60-61-48-42-41-43-49-61)81-58-64(90-71(84)75-52-46-39-35-31-27-23-19-15-11-7-3)65(59-81)91-72(85)76-53-47-40-36-32-28-24-20-16-12-8-4/h41-43,48-49,62-65H,5-40,44-47,50-60H2,1-4H3,(H,73,82)(H,74,83)(H,75,84)(H,76,85)/t62-,63-,64-,65-/m0/s1. The third-order valence-electron chi connectivity index (χ3n) is 17.4. The van der Waals surface area contributed by atoms with Crippen LogP contribution in [-0.4, -0.2) is 129 Å². The minimum Gasteiger partial charge on any atom is -0.461 e. The molecule has 19 nitrogen and oxygen atoms in total. The molecule has 0 aliphatic carbocycles. The highest BCUT2D eigenvalue weighted by Gasteiger charge is 2.43. The number of unbranched alkanes of at least 4 members (excludes halogenated alkanes) is 36. The van der Waals surface area contributed by atoms with Crippen molar-refractivity contribution in [1.29, 1.82) is 0 Å². The summed E-state index contributed by atoms with van der Waals surface area (Å²) in [5.41, 5.74) is 1.03. The van der Waals surface area contributed by atoms with E-state index in [-0.39, 0.29) is 57.3 Å². The number of carbonyl (C=O) groups is 4. The highest BCUT2D eigenvalue weighted by atomic mass is 16.6. The summed E-state index contributed by atoms with van der Waals surface area (Å²) in [4.78, 5) is 72.2. The van der Waals surface area contributed by atoms with Gasteiger partial charge in [0.05, 0.1) is 39.4 Å². The van der Waals surface area contributed by atoms with Crippen LogP contribution < -0.4 is 35.8 Å². The van der Waals surface area contributed by atoms with Crippen molar-refractivity contribution in [3.63, 3.8) is 0 Å². The molecule has 4 atom stereocenters. The molecule has 2 aliphatic rings. The second kappa shape index (κ2) is 53.1. The van der Waals surface area contributed by atoms with Gasteiger partial charge in [-0.25, -0.2) is 19.2 Å². The molecule has 2 fully saturated rings. The molecule has 0 saturated carbocycles. The van der Waals surface area contributed by atoms with E-state index in [9.17, 15) is 19.2 Å². The number of amides is 4. The number of nitrogens with one attached hydrogen (secondary N) is 4. The Morgan fingerprint density at radius 1 is 0.363 bits per heavy atom. The molecule has 3 heterocycles. The first kappa shape index (κ1) is 78.1. The van der Waals surface area contributed by atoms with E-state index in [1.807, 2.05) is 30.3 Å². The lowest BCUT2D eigenvalue weighted by Crippen LogP contribution is -2.39. The van der Waals surface area contributed by atoms with Crippen LogP contribution in [0.4, 0.5) is 31.1 Å². The fraction of sp³-hybridized carbons (Fsp3) is 0.819. The van der Waals surface area contributed by atoms with Crippen molar-refractivity contribution in [3.05, 3.63) is 35.9 Å². The van der Waals surface area contributed by atoms with Gasteiger partial charge in [0.15, 0.2) is 24.4 Å². The first-order valence-corrected chi connectivity index (χ1v) is 37.0. The summed E-state index contributed by atoms with van der Waals surface area (Å²) in [5.74, 6) is 0.374. The Morgan fingerprint density at radius 3 is 0.901 bits per heavy atom. The van der Waals surface area contributed by atoms with E-state index in [2.05, 4.69) is 49.0 Å². The molecule has 4 rings (SSSR count). The van der Waals surface area contributed by atoms with Crippen LogP contribution in [0.5, 0.6) is 6.01 Å². The fourth-order valence-corrected chi connectivity index (χ4v) is 11.8. The van der Waals surface area contributed by atoms with E-state index in [1.54, 1.807) is 9.80 Å². The predicted molar refractivity (Wildman–Crippen MR) is 366 cm³/mol. The van der Waals surface area contributed by atoms with Gasteiger partial charge >= 0.3 is 30.4 Å². The van der Waals surface area contributed by atoms with Gasteiger partial charge in [-0.3, -0.25) is 0 Å². The maximum atomic E-state index is 13.5. The summed E-state index contributed by atoms with van der Waals surface area (Å²) < 4.78 is 36.5. The minimum absolute atomic E-state index is 0.000992. The number of alkyl carbamates (subject to hydrolysis) is 4. The van der Waals surface area contributed by atoms with Crippen LogP contribution in [0.15, 0.2) is 30.3 Å². The molecule has 4 amide bonds. The van der Waals surface area contributed by atoms with Crippen molar-refractivity contribution in [2.24, 2.45) is 0 Å². The van der Waals surface area contributed by atoms with Crippen molar-refractivity contribution in [2.75, 3.05) is 75.4 Å². The van der Waals surface area contributed by atoms with E-state index in [1.165, 1.54) is 180 Å². The van der Waals surface area contributed by atoms with E-state index in [0.717, 1.165) is 82.6 Å². The quantitative estimate of drug-likeness (QED) is 0.0358. The van der Waals surface area contributed by atoms with E-state index >= 15 is 0 Å². The van der Waals surface area contributed by atoms with Gasteiger partial charge in [-0.2, -0.15) is 15.0 Å². The number of ether oxygens (including phenoxy) is 6. The molecule has 2 aromatic rings. The Hall–Kier alpha value is -5.33. The van der Waals surface area contributed by atoms with Crippen molar-refractivity contribution in [1.82, 2.24) is 36.2 Å². The fourth-order valence-electron chi connectivity index (χ4n) is 11.8. The van der Waals surface area contributed by atoms with Gasteiger partial charge in [0, 0.05) is 26.2 Å². The third-order valence-corrected chi connectivity index (χ3v) is 17.4. The van der Waals surface area contributed by atoms with Gasteiger partial charge in [0.2, 0.25) is 11.9 Å². The van der Waals surface area contributed by atoms with Gasteiger partial charge < -0.3 is 59.5 Å². The normalized spacial score (nSPS) is 16.2. The molecule has 1 aromatic heterocycles. The van der Waals surface area contributed by atoms with Crippen LogP contribution in [0.1, 0.15) is 290 Å². The van der Waals surface area contributed by atoms with Gasteiger partial charge in [-0.1, -0.05) is 289 Å². The molecular formula is C72H127N9O10. The van der Waals surface area contributed by atoms with Crippen molar-refractivity contribution in [2.45, 2.75) is 316 Å². The lowest BCUT2D eigenvalue weighted by Gasteiger charge is -2.21. The lowest BCUT2D eigenvalue weighted by molar-refractivity contribution is 0.0175. The highest BCUT2D eigenvalue weighted by Crippen LogP contribution is 2.29. The van der Waals surface area contributed by atoms with Crippen LogP contribution in [0.3, 0.4) is 0 Å². The van der Waals surface area contributed by atoms with E-state index in [0.29, 0.717) is 32.8 Å². The van der Waals surface area contributed by atoms with Crippen LogP contribution in [0.25, 0.3) is 0 Å². The largest absolute Gasteiger partial charge is 0.461 e. The summed E-state index contributed by atoms with van der Waals surface area (Å²) in [6.07, 6.45) is 41.5. The summed E-state index contributed by atoms with van der Waals surface area (Å²) in [7, 11) is 0. The Balaban J connectivity index is 1.48. The average molecular weight is 1280 g/mol. The molecule has 0 unspecified atom stereocenters. The topological polar surface area (TPSA) is 217 Å². The third kappa shape index (κ3) is 38.5. The zero-order valence-electron chi connectivity index (χ0n) is 57.6. The maximum Gasteiger partial charge on any atom is 0.407 e.